The molecule has 0 aromatic heterocycles. The predicted octanol–water partition coefficient (Wildman–Crippen LogP) is 1.27. The second kappa shape index (κ2) is 1.87. The zero-order chi connectivity index (χ0) is 5.11. The molecule has 0 saturated carbocycles. The number of rotatable bonds is 0. The van der Waals surface area contributed by atoms with Crippen LogP contribution < -0.4 is 0 Å². The Balaban J connectivity index is 2.70. The third-order valence-corrected chi connectivity index (χ3v) is 1.18. The fourth-order valence-electron chi connectivity index (χ4n) is 0.262. The number of hydrogen-bond donors (Lipinski definition) is 1. The van der Waals surface area contributed by atoms with Crippen LogP contribution in [0.1, 0.15) is 0 Å². The molecule has 0 fully saturated rings. The first-order chi connectivity index (χ1) is 3.43. The zero-order valence-electron chi connectivity index (χ0n) is 3.46. The number of nitrogens with zero attached hydrogens (tertiary/aromatic N) is 1. The Morgan fingerprint density at radius 2 is 2.86 bits per heavy atom. The van der Waals surface area contributed by atoms with E-state index >= 15 is 0 Å². The van der Waals surface area contributed by atoms with Gasteiger partial charge in [-0.25, -0.2) is 0 Å². The first-order valence-corrected chi connectivity index (χ1v) is 2.60. The molecule has 0 saturated heterocycles. The number of aliphatic hydroxyl groups excluding tert-OH is 1. The Morgan fingerprint density at radius 1 is 2.00 bits per heavy atom. The number of thioether (sulfide) groups is 1. The van der Waals surface area contributed by atoms with Crippen molar-refractivity contribution < 1.29 is 5.11 Å². The van der Waals surface area contributed by atoms with Gasteiger partial charge in [0.05, 0.1) is 0 Å². The van der Waals surface area contributed by atoms with Gasteiger partial charge in [-0.3, -0.25) is 0 Å². The summed E-state index contributed by atoms with van der Waals surface area (Å²) in [6.07, 6.45) is 0.959. The topological polar surface area (TPSA) is 32.6 Å². The van der Waals surface area contributed by atoms with Crippen LogP contribution in [0.25, 0.3) is 0 Å². The second-order valence-electron chi connectivity index (χ2n) is 0.944. The summed E-state index contributed by atoms with van der Waals surface area (Å²) in [6, 6.07) is 0. The van der Waals surface area contributed by atoms with Gasteiger partial charge in [-0.15, -0.1) is 0 Å². The molecule has 2 nitrogen and oxygen atoms in total. The molecule has 7 heavy (non-hydrogen) atoms. The molecular weight excluding hydrogens is 110 g/mol. The maximum atomic E-state index is 8.23. The highest BCUT2D eigenvalue weighted by Gasteiger charge is 1.93. The van der Waals surface area contributed by atoms with Gasteiger partial charge in [0.25, 0.3) is 0 Å². The fraction of sp³-hybridized carbons (Fsp3) is 0. The highest BCUT2D eigenvalue weighted by Crippen LogP contribution is 2.18. The first kappa shape index (κ1) is 4.50. The van der Waals surface area contributed by atoms with Crippen LogP contribution in [0.15, 0.2) is 21.7 Å². The second-order valence-corrected chi connectivity index (χ2v) is 1.83. The summed E-state index contributed by atoms with van der Waals surface area (Å²) < 4.78 is 0. The van der Waals surface area contributed by atoms with E-state index in [1.165, 1.54) is 11.8 Å². The van der Waals surface area contributed by atoms with Crippen LogP contribution in [0.2, 0.25) is 0 Å². The van der Waals surface area contributed by atoms with Crippen LogP contribution in [-0.4, -0.2) is 11.0 Å². The van der Waals surface area contributed by atoms with Crippen LogP contribution in [0.4, 0.5) is 0 Å². The van der Waals surface area contributed by atoms with Crippen LogP contribution in [0, 0.1) is 0 Å². The van der Waals surface area contributed by atoms with Crippen molar-refractivity contribution in [1.82, 2.24) is 0 Å². The molecule has 0 bridgehead atoms. The van der Waals surface area contributed by atoms with E-state index in [4.69, 9.17) is 5.11 Å². The van der Waals surface area contributed by atoms with Gasteiger partial charge in [0.2, 0.25) is 0 Å². The van der Waals surface area contributed by atoms with E-state index in [9.17, 15) is 0 Å². The highest BCUT2D eigenvalue weighted by molar-refractivity contribution is 8.06. The monoisotopic (exact) mass is 113 g/mol. The van der Waals surface area contributed by atoms with E-state index in [0.29, 0.717) is 5.03 Å². The maximum Gasteiger partial charge on any atom is 0.145 e. The molecule has 0 spiro atoms. The molecule has 1 rings (SSSR count). The standard InChI is InChI=1S/C4H3NOS/c6-3-4-5-1-2-7-4/h2-3,6H. The average molecular weight is 113 g/mol. The summed E-state index contributed by atoms with van der Waals surface area (Å²) in [5.41, 5.74) is 0. The lowest BCUT2D eigenvalue weighted by Crippen LogP contribution is -1.58. The lowest BCUT2D eigenvalue weighted by atomic mass is 11.0. The summed E-state index contributed by atoms with van der Waals surface area (Å²) in [5, 5.41) is 10.5. The minimum Gasteiger partial charge on any atom is -0.513 e. The SMILES string of the molecule is OC=C1N=C=CS1. The van der Waals surface area contributed by atoms with Crippen molar-refractivity contribution in [3.05, 3.63) is 16.7 Å². The minimum absolute atomic E-state index is 0.597. The predicted molar refractivity (Wildman–Crippen MR) is 30.3 cm³/mol. The van der Waals surface area contributed by atoms with Crippen LogP contribution >= 0.6 is 11.8 Å². The van der Waals surface area contributed by atoms with Gasteiger partial charge in [-0.1, -0.05) is 11.8 Å². The Labute approximate surface area is 45.3 Å². The molecule has 1 N–H and O–H groups in total. The lowest BCUT2D eigenvalue weighted by Gasteiger charge is -1.79. The van der Waals surface area contributed by atoms with Gasteiger partial charge in [-0.05, 0) is 5.87 Å². The highest BCUT2D eigenvalue weighted by atomic mass is 32.2. The van der Waals surface area contributed by atoms with Crippen LogP contribution in [0.5, 0.6) is 0 Å². The quantitative estimate of drug-likeness (QED) is 0.480. The van der Waals surface area contributed by atoms with Crippen molar-refractivity contribution in [2.24, 2.45) is 4.99 Å². The zero-order valence-corrected chi connectivity index (χ0v) is 4.27. The largest absolute Gasteiger partial charge is 0.513 e. The fourth-order valence-corrected chi connectivity index (χ4v) is 0.655. The molecule has 1 heterocycles. The number of aliphatic hydroxyl groups is 1. The van der Waals surface area contributed by atoms with E-state index in [1.807, 2.05) is 0 Å². The normalized spacial score (nSPS) is 22.0. The van der Waals surface area contributed by atoms with Crippen LogP contribution in [0.3, 0.4) is 0 Å². The molecular formula is C4H3NOS. The van der Waals surface area contributed by atoms with Crippen molar-refractivity contribution in [2.75, 3.05) is 0 Å². The molecule has 0 aromatic carbocycles. The van der Waals surface area contributed by atoms with Crippen LogP contribution in [-0.2, 0) is 0 Å². The molecule has 1 aliphatic heterocycles. The number of aliphatic imine (C=N–C) groups is 1. The maximum absolute atomic E-state index is 8.23. The lowest BCUT2D eigenvalue weighted by molar-refractivity contribution is 0.471. The number of hydrogen-bond acceptors (Lipinski definition) is 3. The molecule has 36 valence electrons. The van der Waals surface area contributed by atoms with E-state index in [2.05, 4.69) is 10.9 Å². The van der Waals surface area contributed by atoms with Crippen molar-refractivity contribution in [2.45, 2.75) is 0 Å². The van der Waals surface area contributed by atoms with Gasteiger partial charge < -0.3 is 5.11 Å². The molecule has 0 atom stereocenters. The molecule has 1 aliphatic rings. The third kappa shape index (κ3) is 0.856. The van der Waals surface area contributed by atoms with E-state index < -0.39 is 0 Å². The average Bonchev–Trinajstić information content (AvgIpc) is 2.14. The Hall–Kier alpha value is -0.660. The van der Waals surface area contributed by atoms with Gasteiger partial charge in [0.1, 0.15) is 11.3 Å². The van der Waals surface area contributed by atoms with Crippen molar-refractivity contribution in [3.63, 3.8) is 0 Å². The summed E-state index contributed by atoms with van der Waals surface area (Å²) in [6.45, 7) is 0. The molecule has 3 heteroatoms. The molecule has 0 radical (unpaired) electrons. The van der Waals surface area contributed by atoms with E-state index in [1.54, 1.807) is 5.41 Å². The summed E-state index contributed by atoms with van der Waals surface area (Å²) in [7, 11) is 0. The summed E-state index contributed by atoms with van der Waals surface area (Å²) in [5.74, 6) is 2.56. The third-order valence-electron chi connectivity index (χ3n) is 0.518. The van der Waals surface area contributed by atoms with Crippen molar-refractivity contribution in [3.8, 4) is 0 Å². The Bertz CT molecular complexity index is 155. The Morgan fingerprint density at radius 3 is 3.14 bits per heavy atom. The minimum atomic E-state index is 0.597. The van der Waals surface area contributed by atoms with Crippen molar-refractivity contribution in [1.29, 1.82) is 0 Å². The summed E-state index contributed by atoms with van der Waals surface area (Å²) in [4.78, 5) is 3.62. The molecule has 0 aromatic rings. The van der Waals surface area contributed by atoms with Gasteiger partial charge in [0.15, 0.2) is 0 Å². The molecule has 0 amide bonds. The van der Waals surface area contributed by atoms with E-state index in [0.717, 1.165) is 6.26 Å². The Kier molecular flexibility index (Phi) is 1.20. The van der Waals surface area contributed by atoms with Crippen molar-refractivity contribution >= 4 is 17.6 Å². The molecule has 0 aliphatic carbocycles. The van der Waals surface area contributed by atoms with Gasteiger partial charge >= 0.3 is 0 Å². The molecule has 0 unspecified atom stereocenters. The van der Waals surface area contributed by atoms with Gasteiger partial charge in [0, 0.05) is 5.41 Å². The first-order valence-electron chi connectivity index (χ1n) is 1.72. The van der Waals surface area contributed by atoms with E-state index in [-0.39, 0.29) is 0 Å². The van der Waals surface area contributed by atoms with Gasteiger partial charge in [-0.2, -0.15) is 4.99 Å². The smallest absolute Gasteiger partial charge is 0.145 e. The summed E-state index contributed by atoms with van der Waals surface area (Å²) >= 11 is 1.35.